The van der Waals surface area contributed by atoms with Crippen molar-refractivity contribution in [1.82, 2.24) is 14.8 Å². The van der Waals surface area contributed by atoms with Crippen LogP contribution in [0.4, 0.5) is 0 Å². The molecule has 1 aromatic carbocycles. The van der Waals surface area contributed by atoms with Gasteiger partial charge in [-0.15, -0.1) is 0 Å². The van der Waals surface area contributed by atoms with Crippen LogP contribution in [0, 0.1) is 0 Å². The van der Waals surface area contributed by atoms with Crippen molar-refractivity contribution < 1.29 is 19.1 Å². The van der Waals surface area contributed by atoms with Crippen LogP contribution in [0.15, 0.2) is 48.8 Å². The van der Waals surface area contributed by atoms with Gasteiger partial charge in [0.25, 0.3) is 0 Å². The van der Waals surface area contributed by atoms with Gasteiger partial charge in [0.05, 0.1) is 25.2 Å². The fraction of sp³-hybridized carbons (Fsp3) is 0.481. The van der Waals surface area contributed by atoms with E-state index in [1.54, 1.807) is 23.4 Å². The van der Waals surface area contributed by atoms with Gasteiger partial charge in [-0.05, 0) is 30.0 Å². The number of ether oxygens (including phenoxy) is 1. The van der Waals surface area contributed by atoms with Gasteiger partial charge >= 0.3 is 0 Å². The molecule has 1 saturated carbocycles. The van der Waals surface area contributed by atoms with Gasteiger partial charge in [-0.25, -0.2) is 0 Å². The fourth-order valence-corrected chi connectivity index (χ4v) is 5.56. The third-order valence-electron chi connectivity index (χ3n) is 7.33. The van der Waals surface area contributed by atoms with Crippen LogP contribution >= 0.6 is 0 Å². The Bertz CT molecular complexity index is 1050. The molecule has 2 unspecified atom stereocenters. The normalized spacial score (nSPS) is 23.6. The number of hydrogen-bond donors (Lipinski definition) is 0. The Hall–Kier alpha value is -3.06. The van der Waals surface area contributed by atoms with Crippen LogP contribution in [0.25, 0.3) is 0 Å². The summed E-state index contributed by atoms with van der Waals surface area (Å²) in [5, 5.41) is 0. The topological polar surface area (TPSA) is 79.8 Å². The minimum atomic E-state index is -0.531. The van der Waals surface area contributed by atoms with Crippen LogP contribution in [0.5, 0.6) is 0 Å². The SMILES string of the molecule is O=C1CC(C(=O)N2CC(=O)N(C3CCCCC3)CC(OCc3cccnc3)C2)c2ccccc21. The van der Waals surface area contributed by atoms with Crippen molar-refractivity contribution in [3.8, 4) is 0 Å². The molecule has 1 aliphatic heterocycles. The molecule has 34 heavy (non-hydrogen) atoms. The van der Waals surface area contributed by atoms with Crippen LogP contribution in [0.2, 0.25) is 0 Å². The van der Waals surface area contributed by atoms with Crippen LogP contribution in [-0.4, -0.2) is 64.2 Å². The molecule has 2 atom stereocenters. The maximum absolute atomic E-state index is 13.6. The molecule has 2 heterocycles. The first-order chi connectivity index (χ1) is 16.6. The Morgan fingerprint density at radius 3 is 2.65 bits per heavy atom. The van der Waals surface area contributed by atoms with E-state index in [4.69, 9.17) is 4.74 Å². The summed E-state index contributed by atoms with van der Waals surface area (Å²) in [4.78, 5) is 47.2. The molecule has 0 radical (unpaired) electrons. The molecule has 2 fully saturated rings. The van der Waals surface area contributed by atoms with Gasteiger partial charge in [0.15, 0.2) is 5.78 Å². The number of amides is 2. The summed E-state index contributed by atoms with van der Waals surface area (Å²) in [5.41, 5.74) is 2.34. The standard InChI is InChI=1S/C27H31N3O4/c31-25-13-24(22-10-4-5-11-23(22)25)27(33)29-15-21(34-18-19-7-6-12-28-14-19)16-30(26(32)17-29)20-8-2-1-3-9-20/h4-7,10-12,14,20-21,24H,1-3,8-9,13,15-18H2. The third-order valence-corrected chi connectivity index (χ3v) is 7.33. The summed E-state index contributed by atoms with van der Waals surface area (Å²) in [6, 6.07) is 11.3. The second-order valence-corrected chi connectivity index (χ2v) is 9.62. The largest absolute Gasteiger partial charge is 0.370 e. The molecule has 0 N–H and O–H groups in total. The average molecular weight is 462 g/mol. The van der Waals surface area contributed by atoms with E-state index in [0.29, 0.717) is 25.3 Å². The monoisotopic (exact) mass is 461 g/mol. The number of aromatic nitrogens is 1. The first kappa shape index (κ1) is 22.7. The second kappa shape index (κ2) is 10.1. The highest BCUT2D eigenvalue weighted by molar-refractivity contribution is 6.07. The number of rotatable bonds is 5. The molecule has 2 amide bonds. The summed E-state index contributed by atoms with van der Waals surface area (Å²) in [6.07, 6.45) is 8.81. The molecular weight excluding hydrogens is 430 g/mol. The van der Waals surface area contributed by atoms with Gasteiger partial charge in [0.1, 0.15) is 0 Å². The second-order valence-electron chi connectivity index (χ2n) is 9.62. The highest BCUT2D eigenvalue weighted by Gasteiger charge is 2.40. The highest BCUT2D eigenvalue weighted by Crippen LogP contribution is 2.35. The third kappa shape index (κ3) is 4.75. The quantitative estimate of drug-likeness (QED) is 0.682. The predicted octanol–water partition coefficient (Wildman–Crippen LogP) is 3.34. The number of Topliss-reactive ketones (excluding diaryl/α,β-unsaturated/α-hetero) is 1. The Morgan fingerprint density at radius 1 is 1.03 bits per heavy atom. The summed E-state index contributed by atoms with van der Waals surface area (Å²) < 4.78 is 6.26. The van der Waals surface area contributed by atoms with E-state index in [1.807, 2.05) is 35.2 Å². The summed E-state index contributed by atoms with van der Waals surface area (Å²) in [5.74, 6) is -0.725. The van der Waals surface area contributed by atoms with E-state index in [-0.39, 0.29) is 42.7 Å². The van der Waals surface area contributed by atoms with E-state index in [0.717, 1.165) is 36.8 Å². The molecule has 1 saturated heterocycles. The van der Waals surface area contributed by atoms with Gasteiger partial charge in [-0.1, -0.05) is 49.6 Å². The van der Waals surface area contributed by atoms with Crippen molar-refractivity contribution in [2.45, 2.75) is 63.2 Å². The van der Waals surface area contributed by atoms with Crippen molar-refractivity contribution in [2.75, 3.05) is 19.6 Å². The lowest BCUT2D eigenvalue weighted by Gasteiger charge is -2.34. The lowest BCUT2D eigenvalue weighted by atomic mass is 9.94. The lowest BCUT2D eigenvalue weighted by molar-refractivity contribution is -0.140. The molecule has 0 spiro atoms. The number of carbonyl (C=O) groups excluding carboxylic acids is 3. The van der Waals surface area contributed by atoms with Crippen LogP contribution in [-0.2, 0) is 20.9 Å². The van der Waals surface area contributed by atoms with E-state index in [9.17, 15) is 14.4 Å². The van der Waals surface area contributed by atoms with E-state index >= 15 is 0 Å². The molecular formula is C27H31N3O4. The van der Waals surface area contributed by atoms with E-state index < -0.39 is 5.92 Å². The Labute approximate surface area is 200 Å². The van der Waals surface area contributed by atoms with Crippen molar-refractivity contribution in [3.05, 3.63) is 65.5 Å². The number of pyridine rings is 1. The average Bonchev–Trinajstić information content (AvgIpc) is 3.11. The molecule has 5 rings (SSSR count). The lowest BCUT2D eigenvalue weighted by Crippen LogP contribution is -2.46. The van der Waals surface area contributed by atoms with Gasteiger partial charge < -0.3 is 14.5 Å². The highest BCUT2D eigenvalue weighted by atomic mass is 16.5. The minimum absolute atomic E-state index is 0.0108. The van der Waals surface area contributed by atoms with Crippen molar-refractivity contribution in [1.29, 1.82) is 0 Å². The smallest absolute Gasteiger partial charge is 0.242 e. The molecule has 7 nitrogen and oxygen atoms in total. The van der Waals surface area contributed by atoms with Gasteiger partial charge in [-0.2, -0.15) is 0 Å². The van der Waals surface area contributed by atoms with Crippen molar-refractivity contribution >= 4 is 17.6 Å². The molecule has 3 aliphatic rings. The van der Waals surface area contributed by atoms with Crippen LogP contribution < -0.4 is 0 Å². The summed E-state index contributed by atoms with van der Waals surface area (Å²) in [7, 11) is 0. The number of carbonyl (C=O) groups is 3. The summed E-state index contributed by atoms with van der Waals surface area (Å²) in [6.45, 7) is 1.22. The first-order valence-electron chi connectivity index (χ1n) is 12.3. The van der Waals surface area contributed by atoms with Gasteiger partial charge in [0.2, 0.25) is 11.8 Å². The molecule has 1 aromatic heterocycles. The predicted molar refractivity (Wildman–Crippen MR) is 126 cm³/mol. The maximum atomic E-state index is 13.6. The summed E-state index contributed by atoms with van der Waals surface area (Å²) >= 11 is 0. The van der Waals surface area contributed by atoms with Crippen LogP contribution in [0.1, 0.15) is 65.9 Å². The number of hydrogen-bond acceptors (Lipinski definition) is 5. The zero-order chi connectivity index (χ0) is 23.5. The molecule has 2 aliphatic carbocycles. The minimum Gasteiger partial charge on any atom is -0.370 e. The van der Waals surface area contributed by atoms with Crippen LogP contribution in [0.3, 0.4) is 0 Å². The Kier molecular flexibility index (Phi) is 6.72. The Balaban J connectivity index is 1.37. The number of nitrogens with zero attached hydrogens (tertiary/aromatic N) is 3. The molecule has 178 valence electrons. The molecule has 7 heteroatoms. The number of ketones is 1. The fourth-order valence-electron chi connectivity index (χ4n) is 5.56. The molecule has 0 bridgehead atoms. The van der Waals surface area contributed by atoms with E-state index in [1.165, 1.54) is 6.42 Å². The number of fused-ring (bicyclic) bond motifs is 1. The van der Waals surface area contributed by atoms with E-state index in [2.05, 4.69) is 4.98 Å². The maximum Gasteiger partial charge on any atom is 0.242 e. The zero-order valence-corrected chi connectivity index (χ0v) is 19.4. The van der Waals surface area contributed by atoms with Gasteiger partial charge in [0, 0.05) is 43.5 Å². The first-order valence-corrected chi connectivity index (χ1v) is 12.3. The number of benzene rings is 1. The van der Waals surface area contributed by atoms with Crippen molar-refractivity contribution in [2.24, 2.45) is 0 Å². The molecule has 2 aromatic rings. The Morgan fingerprint density at radius 2 is 1.85 bits per heavy atom. The van der Waals surface area contributed by atoms with Crippen molar-refractivity contribution in [3.63, 3.8) is 0 Å². The van der Waals surface area contributed by atoms with Gasteiger partial charge in [-0.3, -0.25) is 19.4 Å². The zero-order valence-electron chi connectivity index (χ0n) is 19.4.